The number of rotatable bonds is 6. The van der Waals surface area contributed by atoms with Gasteiger partial charge >= 0.3 is 0 Å². The maximum absolute atomic E-state index is 7.47. The van der Waals surface area contributed by atoms with Gasteiger partial charge in [0.05, 0.1) is 5.84 Å². The van der Waals surface area contributed by atoms with Crippen molar-refractivity contribution < 1.29 is 0 Å². The van der Waals surface area contributed by atoms with Crippen molar-refractivity contribution in [3.63, 3.8) is 0 Å². The Morgan fingerprint density at radius 2 is 2.05 bits per heavy atom. The Hall–Kier alpha value is -1.65. The highest BCUT2D eigenvalue weighted by Gasteiger charge is 2.19. The Balaban J connectivity index is 2.27. The van der Waals surface area contributed by atoms with Crippen LogP contribution in [0.5, 0.6) is 0 Å². The molecule has 3 N–H and O–H groups in total. The van der Waals surface area contributed by atoms with Crippen LogP contribution in [0, 0.1) is 11.3 Å². The molecule has 0 saturated heterocycles. The first-order chi connectivity index (χ1) is 10.1. The summed E-state index contributed by atoms with van der Waals surface area (Å²) in [5.41, 5.74) is 8.07. The first-order valence-electron chi connectivity index (χ1n) is 7.98. The van der Waals surface area contributed by atoms with Gasteiger partial charge in [-0.3, -0.25) is 5.41 Å². The molecule has 1 heterocycles. The Morgan fingerprint density at radius 1 is 1.29 bits per heavy atom. The molecule has 0 aromatic carbocycles. The maximum Gasteiger partial charge on any atom is 0.135 e. The van der Waals surface area contributed by atoms with Crippen molar-refractivity contribution in [1.29, 1.82) is 5.41 Å². The number of hydrogen-bond donors (Lipinski definition) is 2. The molecule has 0 atom stereocenters. The zero-order valence-corrected chi connectivity index (χ0v) is 13.2. The number of anilines is 1. The van der Waals surface area contributed by atoms with Crippen LogP contribution in [0.25, 0.3) is 0 Å². The van der Waals surface area contributed by atoms with Gasteiger partial charge in [0.15, 0.2) is 0 Å². The molecule has 1 aromatic rings. The van der Waals surface area contributed by atoms with Gasteiger partial charge in [-0.05, 0) is 31.6 Å². The predicted molar refractivity (Wildman–Crippen MR) is 86.9 cm³/mol. The highest BCUT2D eigenvalue weighted by molar-refractivity contribution is 5.77. The van der Waals surface area contributed by atoms with Crippen LogP contribution in [0.1, 0.15) is 50.8 Å². The van der Waals surface area contributed by atoms with Gasteiger partial charge in [0, 0.05) is 30.8 Å². The summed E-state index contributed by atoms with van der Waals surface area (Å²) in [6.45, 7) is 6.12. The smallest absolute Gasteiger partial charge is 0.135 e. The lowest BCUT2D eigenvalue weighted by molar-refractivity contribution is 0.605. The van der Waals surface area contributed by atoms with Crippen LogP contribution in [-0.4, -0.2) is 28.9 Å². The third-order valence-corrected chi connectivity index (χ3v) is 3.89. The van der Waals surface area contributed by atoms with Crippen LogP contribution in [-0.2, 0) is 12.8 Å². The first kappa shape index (κ1) is 15.7. The zero-order chi connectivity index (χ0) is 15.2. The molecule has 1 aliphatic carbocycles. The molecule has 0 bridgehead atoms. The molecule has 2 rings (SSSR count). The minimum atomic E-state index is 0.240. The van der Waals surface area contributed by atoms with Crippen molar-refractivity contribution in [1.82, 2.24) is 9.97 Å². The minimum absolute atomic E-state index is 0.240. The molecular formula is C16H27N5. The summed E-state index contributed by atoms with van der Waals surface area (Å²) in [4.78, 5) is 11.4. The quantitative estimate of drug-likeness (QED) is 0.479. The highest BCUT2D eigenvalue weighted by atomic mass is 15.2. The van der Waals surface area contributed by atoms with E-state index >= 15 is 0 Å². The molecule has 0 saturated carbocycles. The van der Waals surface area contributed by atoms with Crippen molar-refractivity contribution in [3.05, 3.63) is 17.6 Å². The Morgan fingerprint density at radius 3 is 2.76 bits per heavy atom. The van der Waals surface area contributed by atoms with Crippen molar-refractivity contribution >= 4 is 11.7 Å². The van der Waals surface area contributed by atoms with Gasteiger partial charge in [-0.2, -0.15) is 0 Å². The molecule has 0 unspecified atom stereocenters. The van der Waals surface area contributed by atoms with Crippen LogP contribution < -0.4 is 10.6 Å². The lowest BCUT2D eigenvalue weighted by Crippen LogP contribution is -2.33. The van der Waals surface area contributed by atoms with E-state index in [1.807, 2.05) is 0 Å². The van der Waals surface area contributed by atoms with E-state index in [1.54, 1.807) is 6.33 Å². The number of nitrogens with zero attached hydrogens (tertiary/aromatic N) is 3. The zero-order valence-electron chi connectivity index (χ0n) is 13.2. The molecule has 21 heavy (non-hydrogen) atoms. The highest BCUT2D eigenvalue weighted by Crippen LogP contribution is 2.27. The Kier molecular flexibility index (Phi) is 5.53. The normalized spacial score (nSPS) is 14.6. The summed E-state index contributed by atoms with van der Waals surface area (Å²) >= 11 is 0. The molecule has 5 nitrogen and oxygen atoms in total. The summed E-state index contributed by atoms with van der Waals surface area (Å²) in [5, 5.41) is 7.47. The number of fused-ring (bicyclic) bond motifs is 1. The minimum Gasteiger partial charge on any atom is -0.388 e. The number of hydrogen-bond acceptors (Lipinski definition) is 4. The summed E-state index contributed by atoms with van der Waals surface area (Å²) in [6.07, 6.45) is 8.13. The second-order valence-corrected chi connectivity index (χ2v) is 6.30. The van der Waals surface area contributed by atoms with Gasteiger partial charge in [0.2, 0.25) is 0 Å². The summed E-state index contributed by atoms with van der Waals surface area (Å²) < 4.78 is 0. The van der Waals surface area contributed by atoms with Crippen molar-refractivity contribution in [2.24, 2.45) is 11.7 Å². The van der Waals surface area contributed by atoms with E-state index in [2.05, 4.69) is 28.7 Å². The summed E-state index contributed by atoms with van der Waals surface area (Å²) in [7, 11) is 0. The number of aryl methyl sites for hydroxylation is 1. The van der Waals surface area contributed by atoms with E-state index in [0.717, 1.165) is 31.7 Å². The Labute approximate surface area is 127 Å². The molecule has 0 spiro atoms. The van der Waals surface area contributed by atoms with E-state index < -0.39 is 0 Å². The third-order valence-electron chi connectivity index (χ3n) is 3.89. The van der Waals surface area contributed by atoms with Crippen molar-refractivity contribution in [2.75, 3.05) is 18.0 Å². The molecule has 116 valence electrons. The van der Waals surface area contributed by atoms with E-state index in [0.29, 0.717) is 12.3 Å². The largest absolute Gasteiger partial charge is 0.388 e. The molecule has 0 amide bonds. The van der Waals surface area contributed by atoms with E-state index in [-0.39, 0.29) is 5.84 Å². The lowest BCUT2D eigenvalue weighted by Gasteiger charge is -2.28. The Bertz CT molecular complexity index is 484. The standard InChI is InChI=1S/C16H27N5/c1-12(2)10-21(9-8-15(17)18)16-13-6-4-3-5-7-14(13)19-11-20-16/h11-12H,3-10H2,1-2H3,(H3,17,18). The van der Waals surface area contributed by atoms with Crippen molar-refractivity contribution in [2.45, 2.75) is 52.4 Å². The summed E-state index contributed by atoms with van der Waals surface area (Å²) in [5.74, 6) is 1.86. The number of amidine groups is 1. The molecular weight excluding hydrogens is 262 g/mol. The second-order valence-electron chi connectivity index (χ2n) is 6.30. The lowest BCUT2D eigenvalue weighted by atomic mass is 10.1. The van der Waals surface area contributed by atoms with E-state index in [1.165, 1.54) is 30.5 Å². The predicted octanol–water partition coefficient (Wildman–Crippen LogP) is 2.53. The van der Waals surface area contributed by atoms with E-state index in [9.17, 15) is 0 Å². The molecule has 0 radical (unpaired) electrons. The van der Waals surface area contributed by atoms with Crippen LogP contribution in [0.15, 0.2) is 6.33 Å². The average molecular weight is 289 g/mol. The van der Waals surface area contributed by atoms with Gasteiger partial charge in [-0.15, -0.1) is 0 Å². The van der Waals surface area contributed by atoms with Gasteiger partial charge in [-0.1, -0.05) is 20.3 Å². The van der Waals surface area contributed by atoms with Crippen LogP contribution in [0.4, 0.5) is 5.82 Å². The van der Waals surface area contributed by atoms with Gasteiger partial charge < -0.3 is 10.6 Å². The molecule has 5 heteroatoms. The van der Waals surface area contributed by atoms with Gasteiger partial charge in [0.1, 0.15) is 12.1 Å². The average Bonchev–Trinajstić information content (AvgIpc) is 2.67. The van der Waals surface area contributed by atoms with Gasteiger partial charge in [0.25, 0.3) is 0 Å². The number of aromatic nitrogens is 2. The van der Waals surface area contributed by atoms with Crippen LogP contribution >= 0.6 is 0 Å². The fraction of sp³-hybridized carbons (Fsp3) is 0.688. The first-order valence-corrected chi connectivity index (χ1v) is 7.98. The monoisotopic (exact) mass is 289 g/mol. The molecule has 1 aliphatic rings. The molecule has 0 aliphatic heterocycles. The number of nitrogens with one attached hydrogen (secondary N) is 1. The topological polar surface area (TPSA) is 78.9 Å². The third kappa shape index (κ3) is 4.41. The van der Waals surface area contributed by atoms with E-state index in [4.69, 9.17) is 11.1 Å². The van der Waals surface area contributed by atoms with Crippen LogP contribution in [0.2, 0.25) is 0 Å². The summed E-state index contributed by atoms with van der Waals surface area (Å²) in [6, 6.07) is 0. The fourth-order valence-electron chi connectivity index (χ4n) is 2.93. The fourth-order valence-corrected chi connectivity index (χ4v) is 2.93. The SMILES string of the molecule is CC(C)CN(CCC(=N)N)c1ncnc2c1CCCCC2. The maximum atomic E-state index is 7.47. The molecule has 0 fully saturated rings. The second kappa shape index (κ2) is 7.38. The van der Waals surface area contributed by atoms with Crippen LogP contribution in [0.3, 0.4) is 0 Å². The molecule has 1 aromatic heterocycles. The van der Waals surface area contributed by atoms with Gasteiger partial charge in [-0.25, -0.2) is 9.97 Å². The number of nitrogens with two attached hydrogens (primary N) is 1. The van der Waals surface area contributed by atoms with Crippen molar-refractivity contribution in [3.8, 4) is 0 Å².